The minimum Gasteiger partial charge on any atom is -0.377 e. The number of nitrogens with one attached hydrogen (secondary N) is 1. The lowest BCUT2D eigenvalue weighted by atomic mass is 10.1. The van der Waals surface area contributed by atoms with Crippen LogP contribution in [0.2, 0.25) is 0 Å². The molecule has 166 valence electrons. The van der Waals surface area contributed by atoms with Crippen LogP contribution in [0.1, 0.15) is 34.8 Å². The van der Waals surface area contributed by atoms with Crippen LogP contribution in [0.15, 0.2) is 72.8 Å². The van der Waals surface area contributed by atoms with Gasteiger partial charge in [-0.15, -0.1) is 0 Å². The number of benzene rings is 3. The summed E-state index contributed by atoms with van der Waals surface area (Å²) in [5.74, 6) is -0.803. The Morgan fingerprint density at radius 3 is 2.31 bits per heavy atom. The molecule has 0 radical (unpaired) electrons. The molecule has 5 nitrogen and oxygen atoms in total. The number of rotatable bonds is 8. The Bertz CT molecular complexity index is 1080. The van der Waals surface area contributed by atoms with Crippen molar-refractivity contribution in [1.82, 2.24) is 4.90 Å². The molecule has 32 heavy (non-hydrogen) atoms. The number of hydrogen-bond donors (Lipinski definition) is 1. The van der Waals surface area contributed by atoms with Gasteiger partial charge in [0.1, 0.15) is 5.82 Å². The van der Waals surface area contributed by atoms with Gasteiger partial charge in [0.05, 0.1) is 0 Å². The van der Waals surface area contributed by atoms with E-state index < -0.39 is 5.82 Å². The Kier molecular flexibility index (Phi) is 7.60. The molecule has 0 aliphatic heterocycles. The molecule has 0 aliphatic rings. The summed E-state index contributed by atoms with van der Waals surface area (Å²) in [5.41, 5.74) is 3.75. The van der Waals surface area contributed by atoms with Crippen molar-refractivity contribution in [2.24, 2.45) is 0 Å². The Labute approximate surface area is 188 Å². The largest absolute Gasteiger partial charge is 0.377 e. The second-order valence-corrected chi connectivity index (χ2v) is 7.79. The van der Waals surface area contributed by atoms with Gasteiger partial charge in [0, 0.05) is 50.5 Å². The maximum Gasteiger partial charge on any atom is 0.255 e. The lowest BCUT2D eigenvalue weighted by Gasteiger charge is -2.26. The van der Waals surface area contributed by atoms with E-state index in [0.29, 0.717) is 25.2 Å². The fourth-order valence-electron chi connectivity index (χ4n) is 3.52. The van der Waals surface area contributed by atoms with E-state index in [-0.39, 0.29) is 17.4 Å². The van der Waals surface area contributed by atoms with Gasteiger partial charge in [-0.25, -0.2) is 4.39 Å². The Morgan fingerprint density at radius 2 is 1.66 bits per heavy atom. The number of nitrogens with zero attached hydrogens (tertiary/aromatic N) is 2. The highest BCUT2D eigenvalue weighted by atomic mass is 19.1. The Morgan fingerprint density at radius 1 is 0.906 bits per heavy atom. The van der Waals surface area contributed by atoms with Gasteiger partial charge in [0.2, 0.25) is 5.91 Å². The first-order valence-electron chi connectivity index (χ1n) is 10.6. The molecule has 6 heteroatoms. The molecule has 0 unspecified atom stereocenters. The van der Waals surface area contributed by atoms with Crippen molar-refractivity contribution in [2.75, 3.05) is 24.3 Å². The predicted octanol–water partition coefficient (Wildman–Crippen LogP) is 5.08. The number of halogens is 1. The molecular formula is C26H28FN3O2. The molecule has 0 fully saturated rings. The van der Waals surface area contributed by atoms with E-state index >= 15 is 0 Å². The third-order valence-electron chi connectivity index (χ3n) is 5.14. The van der Waals surface area contributed by atoms with Crippen molar-refractivity contribution < 1.29 is 14.0 Å². The summed E-state index contributed by atoms with van der Waals surface area (Å²) in [7, 11) is 3.88. The van der Waals surface area contributed by atoms with Gasteiger partial charge in [-0.2, -0.15) is 0 Å². The highest BCUT2D eigenvalue weighted by molar-refractivity contribution is 6.04. The molecule has 0 saturated heterocycles. The van der Waals surface area contributed by atoms with E-state index in [1.54, 1.807) is 12.1 Å². The minimum atomic E-state index is -0.462. The summed E-state index contributed by atoms with van der Waals surface area (Å²) in [4.78, 5) is 29.0. The number of hydrogen-bond acceptors (Lipinski definition) is 3. The van der Waals surface area contributed by atoms with Crippen molar-refractivity contribution in [1.29, 1.82) is 0 Å². The summed E-state index contributed by atoms with van der Waals surface area (Å²) < 4.78 is 13.5. The molecule has 1 N–H and O–H groups in total. The van der Waals surface area contributed by atoms with Gasteiger partial charge >= 0.3 is 0 Å². The zero-order valence-corrected chi connectivity index (χ0v) is 18.6. The zero-order valence-electron chi connectivity index (χ0n) is 18.6. The van der Waals surface area contributed by atoms with Crippen LogP contribution in [0.25, 0.3) is 0 Å². The molecule has 2 amide bonds. The normalized spacial score (nSPS) is 10.5. The zero-order chi connectivity index (χ0) is 23.1. The molecule has 3 aromatic carbocycles. The Hall–Kier alpha value is -3.67. The molecule has 0 bridgehead atoms. The quantitative estimate of drug-likeness (QED) is 0.539. The smallest absolute Gasteiger partial charge is 0.255 e. The second kappa shape index (κ2) is 10.6. The van der Waals surface area contributed by atoms with Crippen molar-refractivity contribution in [3.63, 3.8) is 0 Å². The van der Waals surface area contributed by atoms with Gasteiger partial charge in [-0.1, -0.05) is 43.3 Å². The summed E-state index contributed by atoms with van der Waals surface area (Å²) in [5, 5.41) is 2.83. The molecule has 3 rings (SSSR count). The highest BCUT2D eigenvalue weighted by Gasteiger charge is 2.17. The maximum atomic E-state index is 13.5. The first-order chi connectivity index (χ1) is 15.4. The van der Waals surface area contributed by atoms with Crippen molar-refractivity contribution in [2.45, 2.75) is 26.4 Å². The fraction of sp³-hybridized carbons (Fsp3) is 0.231. The molecular weight excluding hydrogens is 405 g/mol. The van der Waals surface area contributed by atoms with E-state index in [1.165, 1.54) is 18.2 Å². The van der Waals surface area contributed by atoms with Crippen LogP contribution in [-0.4, -0.2) is 30.8 Å². The summed E-state index contributed by atoms with van der Waals surface area (Å²) >= 11 is 0. The van der Waals surface area contributed by atoms with Crippen LogP contribution in [0, 0.1) is 5.82 Å². The van der Waals surface area contributed by atoms with Crippen LogP contribution in [0.3, 0.4) is 0 Å². The minimum absolute atomic E-state index is 0.0489. The summed E-state index contributed by atoms with van der Waals surface area (Å²) in [6.07, 6.45) is 0.403. The maximum absolute atomic E-state index is 13.5. The van der Waals surface area contributed by atoms with Gasteiger partial charge < -0.3 is 15.1 Å². The molecule has 0 heterocycles. The number of carbonyl (C=O) groups excluding carboxylic acids is 2. The summed E-state index contributed by atoms with van der Waals surface area (Å²) in [6.45, 7) is 2.75. The number of anilines is 2. The SMILES string of the molecule is CCC(=O)N(Cc1ccccc1)Cc1cc(NC(=O)c2cccc(F)c2)ccc1N(C)C. The lowest BCUT2D eigenvalue weighted by molar-refractivity contribution is -0.132. The van der Waals surface area contributed by atoms with Crippen LogP contribution >= 0.6 is 0 Å². The van der Waals surface area contributed by atoms with Crippen LogP contribution in [-0.2, 0) is 17.9 Å². The third-order valence-corrected chi connectivity index (χ3v) is 5.14. The lowest BCUT2D eigenvalue weighted by Crippen LogP contribution is -2.30. The fourth-order valence-corrected chi connectivity index (χ4v) is 3.52. The average molecular weight is 434 g/mol. The van der Waals surface area contributed by atoms with Crippen molar-refractivity contribution in [3.05, 3.63) is 95.3 Å². The van der Waals surface area contributed by atoms with E-state index in [2.05, 4.69) is 5.32 Å². The summed E-state index contributed by atoms with van der Waals surface area (Å²) in [6, 6.07) is 21.0. The van der Waals surface area contributed by atoms with Gasteiger partial charge in [-0.3, -0.25) is 9.59 Å². The average Bonchev–Trinajstić information content (AvgIpc) is 2.78. The molecule has 0 atom stereocenters. The number of amides is 2. The second-order valence-electron chi connectivity index (χ2n) is 7.79. The highest BCUT2D eigenvalue weighted by Crippen LogP contribution is 2.26. The predicted molar refractivity (Wildman–Crippen MR) is 126 cm³/mol. The van der Waals surface area contributed by atoms with Gasteiger partial charge in [-0.05, 0) is 47.5 Å². The first kappa shape index (κ1) is 23.0. The van der Waals surface area contributed by atoms with Crippen LogP contribution in [0.5, 0.6) is 0 Å². The number of carbonyl (C=O) groups is 2. The topological polar surface area (TPSA) is 52.7 Å². The van der Waals surface area contributed by atoms with Gasteiger partial charge in [0.15, 0.2) is 0 Å². The van der Waals surface area contributed by atoms with Crippen molar-refractivity contribution >= 4 is 23.2 Å². The van der Waals surface area contributed by atoms with E-state index in [1.807, 2.05) is 73.3 Å². The van der Waals surface area contributed by atoms with Crippen LogP contribution in [0.4, 0.5) is 15.8 Å². The first-order valence-corrected chi connectivity index (χ1v) is 10.6. The molecule has 3 aromatic rings. The van der Waals surface area contributed by atoms with E-state index in [9.17, 15) is 14.0 Å². The molecule has 0 aliphatic carbocycles. The Balaban J connectivity index is 1.87. The van der Waals surface area contributed by atoms with Crippen LogP contribution < -0.4 is 10.2 Å². The molecule has 0 aromatic heterocycles. The van der Waals surface area contributed by atoms with E-state index in [0.717, 1.165) is 16.8 Å². The van der Waals surface area contributed by atoms with Crippen molar-refractivity contribution in [3.8, 4) is 0 Å². The van der Waals surface area contributed by atoms with E-state index in [4.69, 9.17) is 0 Å². The molecule has 0 spiro atoms. The monoisotopic (exact) mass is 433 g/mol. The standard InChI is InChI=1S/C26H28FN3O2/c1-4-25(31)30(17-19-9-6-5-7-10-19)18-21-16-23(13-14-24(21)29(2)3)28-26(32)20-11-8-12-22(27)15-20/h5-16H,4,17-18H2,1-3H3,(H,28,32). The van der Waals surface area contributed by atoms with Gasteiger partial charge in [0.25, 0.3) is 5.91 Å². The molecule has 0 saturated carbocycles. The third kappa shape index (κ3) is 5.94.